The van der Waals surface area contributed by atoms with Crippen LogP contribution in [0, 0.1) is 12.8 Å². The minimum absolute atomic E-state index is 0.0539. The Hall–Kier alpha value is -2.78. The molecule has 0 fully saturated rings. The fourth-order valence-corrected chi connectivity index (χ4v) is 5.26. The molecule has 0 saturated heterocycles. The second-order valence-electron chi connectivity index (χ2n) is 9.41. The van der Waals surface area contributed by atoms with E-state index in [0.29, 0.717) is 17.5 Å². The molecular weight excluding hydrogens is 458 g/mol. The Balaban J connectivity index is 1.95. The highest BCUT2D eigenvalue weighted by Crippen LogP contribution is 2.43. The van der Waals surface area contributed by atoms with Crippen LogP contribution in [0.25, 0.3) is 11.1 Å². The topological polar surface area (TPSA) is 90.6 Å². The molecule has 0 bridgehead atoms. The van der Waals surface area contributed by atoms with Gasteiger partial charge in [-0.15, -0.1) is 11.3 Å². The van der Waals surface area contributed by atoms with E-state index in [9.17, 15) is 13.2 Å². The van der Waals surface area contributed by atoms with E-state index in [2.05, 4.69) is 48.5 Å². The molecule has 0 saturated carbocycles. The Morgan fingerprint density at radius 3 is 2.45 bits per heavy atom. The van der Waals surface area contributed by atoms with E-state index >= 15 is 0 Å². The molecule has 2 aromatic heterocycles. The van der Waals surface area contributed by atoms with Crippen LogP contribution < -0.4 is 4.74 Å². The molecule has 0 N–H and O–H groups in total. The maximum atomic E-state index is 11.9. The molecule has 9 heteroatoms. The third-order valence-electron chi connectivity index (χ3n) is 5.12. The standard InChI is InChI=1S/C24H29N3O4S2/c1-15(2)13-19-16(3)20(21(32-19)31-23(28)26-33(29)30)18-9-7-17(8-10-18)14-27-12-11-25-22(27)24(4,5)6/h7-12,15H,13-14H2,1-6H3. The van der Waals surface area contributed by atoms with Crippen LogP contribution in [0.5, 0.6) is 5.06 Å². The largest absolute Gasteiger partial charge is 0.455 e. The van der Waals surface area contributed by atoms with Crippen LogP contribution in [0.4, 0.5) is 4.79 Å². The lowest BCUT2D eigenvalue weighted by Gasteiger charge is -2.20. The lowest BCUT2D eigenvalue weighted by molar-refractivity contribution is 0.213. The number of carbonyl (C=O) groups excluding carboxylic acids is 1. The minimum Gasteiger partial charge on any atom is -0.396 e. The molecule has 0 aliphatic heterocycles. The maximum absolute atomic E-state index is 11.9. The van der Waals surface area contributed by atoms with Gasteiger partial charge in [0.15, 0.2) is 5.06 Å². The van der Waals surface area contributed by atoms with Crippen LogP contribution in [-0.4, -0.2) is 24.1 Å². The van der Waals surface area contributed by atoms with Crippen LogP contribution in [0.15, 0.2) is 41.0 Å². The van der Waals surface area contributed by atoms with Crippen LogP contribution in [0.3, 0.4) is 0 Å². The Morgan fingerprint density at radius 1 is 1.21 bits per heavy atom. The van der Waals surface area contributed by atoms with Crippen molar-refractivity contribution in [1.82, 2.24) is 9.55 Å². The molecular formula is C24H29N3O4S2. The molecule has 7 nitrogen and oxygen atoms in total. The highest BCUT2D eigenvalue weighted by molar-refractivity contribution is 7.62. The number of hydrogen-bond acceptors (Lipinski definition) is 6. The lowest BCUT2D eigenvalue weighted by Crippen LogP contribution is -2.19. The molecule has 3 rings (SSSR count). The van der Waals surface area contributed by atoms with Crippen molar-refractivity contribution >= 4 is 27.9 Å². The van der Waals surface area contributed by atoms with Gasteiger partial charge in [-0.2, -0.15) is 8.42 Å². The van der Waals surface area contributed by atoms with Gasteiger partial charge in [-0.05, 0) is 36.0 Å². The molecule has 3 aromatic rings. The van der Waals surface area contributed by atoms with Crippen molar-refractivity contribution in [2.24, 2.45) is 10.3 Å². The fourth-order valence-electron chi connectivity index (χ4n) is 3.72. The summed E-state index contributed by atoms with van der Waals surface area (Å²) in [6.45, 7) is 13.4. The van der Waals surface area contributed by atoms with E-state index in [1.165, 1.54) is 11.3 Å². The second kappa shape index (κ2) is 10.0. The van der Waals surface area contributed by atoms with Gasteiger partial charge in [-0.25, -0.2) is 9.78 Å². The average Bonchev–Trinajstić information content (AvgIpc) is 3.26. The van der Waals surface area contributed by atoms with Gasteiger partial charge >= 0.3 is 16.6 Å². The van der Waals surface area contributed by atoms with Crippen molar-refractivity contribution in [2.75, 3.05) is 0 Å². The monoisotopic (exact) mass is 487 g/mol. The minimum atomic E-state index is -2.86. The smallest absolute Gasteiger partial charge is 0.396 e. The van der Waals surface area contributed by atoms with Crippen LogP contribution in [0.2, 0.25) is 0 Å². The summed E-state index contributed by atoms with van der Waals surface area (Å²) < 4.78 is 31.9. The molecule has 1 amide bonds. The fraction of sp³-hybridized carbons (Fsp3) is 0.417. The van der Waals surface area contributed by atoms with Crippen LogP contribution in [0.1, 0.15) is 56.4 Å². The zero-order valence-corrected chi connectivity index (χ0v) is 21.4. The van der Waals surface area contributed by atoms with E-state index in [4.69, 9.17) is 4.74 Å². The lowest BCUT2D eigenvalue weighted by atomic mass is 9.95. The van der Waals surface area contributed by atoms with Gasteiger partial charge < -0.3 is 9.30 Å². The van der Waals surface area contributed by atoms with Crippen molar-refractivity contribution in [3.05, 3.63) is 58.5 Å². The van der Waals surface area contributed by atoms with Gasteiger partial charge in [-0.3, -0.25) is 0 Å². The maximum Gasteiger partial charge on any atom is 0.455 e. The molecule has 1 aromatic carbocycles. The predicted octanol–water partition coefficient (Wildman–Crippen LogP) is 6.03. The summed E-state index contributed by atoms with van der Waals surface area (Å²) in [7, 11) is -2.86. The number of amides is 1. The number of imidazole rings is 1. The van der Waals surface area contributed by atoms with Crippen LogP contribution in [-0.2, 0) is 28.9 Å². The average molecular weight is 488 g/mol. The number of aromatic nitrogens is 2. The summed E-state index contributed by atoms with van der Waals surface area (Å²) in [5.41, 5.74) is 3.78. The number of ether oxygens (including phenoxy) is 1. The first-order chi connectivity index (χ1) is 15.5. The third-order valence-corrected chi connectivity index (χ3v) is 6.61. The SMILES string of the molecule is Cc1c(CC(C)C)sc(OC(=O)N=S(=O)=O)c1-c1ccc(Cn2ccnc2C(C)(C)C)cc1. The molecule has 176 valence electrons. The Labute approximate surface area is 200 Å². The normalized spacial score (nSPS) is 11.6. The summed E-state index contributed by atoms with van der Waals surface area (Å²) in [6, 6.07) is 8.09. The third kappa shape index (κ3) is 6.17. The Morgan fingerprint density at radius 2 is 1.88 bits per heavy atom. The molecule has 0 unspecified atom stereocenters. The highest BCUT2D eigenvalue weighted by atomic mass is 32.2. The van der Waals surface area contributed by atoms with E-state index in [0.717, 1.165) is 39.4 Å². The van der Waals surface area contributed by atoms with Crippen LogP contribution >= 0.6 is 11.3 Å². The zero-order chi connectivity index (χ0) is 24.3. The van der Waals surface area contributed by atoms with Gasteiger partial charge in [0, 0.05) is 34.8 Å². The van der Waals surface area contributed by atoms with Gasteiger partial charge in [0.25, 0.3) is 0 Å². The first kappa shape index (κ1) is 24.9. The predicted molar refractivity (Wildman–Crippen MR) is 130 cm³/mol. The Kier molecular flexibility index (Phi) is 7.54. The highest BCUT2D eigenvalue weighted by Gasteiger charge is 2.22. The van der Waals surface area contributed by atoms with E-state index < -0.39 is 16.6 Å². The van der Waals surface area contributed by atoms with Crippen molar-refractivity contribution in [3.8, 4) is 16.2 Å². The first-order valence-electron chi connectivity index (χ1n) is 10.7. The van der Waals surface area contributed by atoms with Crippen molar-refractivity contribution in [2.45, 2.75) is 59.9 Å². The second-order valence-corrected chi connectivity index (χ2v) is 11.1. The quantitative estimate of drug-likeness (QED) is 0.424. The van der Waals surface area contributed by atoms with E-state index in [1.807, 2.05) is 43.6 Å². The summed E-state index contributed by atoms with van der Waals surface area (Å²) in [5.74, 6) is 1.44. The van der Waals surface area contributed by atoms with Crippen molar-refractivity contribution in [3.63, 3.8) is 0 Å². The number of thiophene rings is 1. The molecule has 0 aliphatic carbocycles. The molecule has 0 radical (unpaired) electrons. The van der Waals surface area contributed by atoms with Gasteiger partial charge in [0.05, 0.1) is 0 Å². The summed E-state index contributed by atoms with van der Waals surface area (Å²) >= 11 is 1.36. The number of carbonyl (C=O) groups is 1. The molecule has 0 spiro atoms. The van der Waals surface area contributed by atoms with Crippen molar-refractivity contribution < 1.29 is 17.9 Å². The van der Waals surface area contributed by atoms with Gasteiger partial charge in [-0.1, -0.05) is 63.2 Å². The molecule has 0 aliphatic rings. The first-order valence-corrected chi connectivity index (χ1v) is 12.6. The summed E-state index contributed by atoms with van der Waals surface area (Å²) in [4.78, 5) is 17.5. The number of hydrogen-bond donors (Lipinski definition) is 0. The summed E-state index contributed by atoms with van der Waals surface area (Å²) in [6.07, 6.45) is 3.49. The zero-order valence-electron chi connectivity index (χ0n) is 19.7. The number of nitrogens with zero attached hydrogens (tertiary/aromatic N) is 3. The molecule has 0 atom stereocenters. The number of benzene rings is 1. The molecule has 33 heavy (non-hydrogen) atoms. The van der Waals surface area contributed by atoms with Gasteiger partial charge in [0.2, 0.25) is 0 Å². The van der Waals surface area contributed by atoms with Crippen molar-refractivity contribution in [1.29, 1.82) is 0 Å². The Bertz CT molecular complexity index is 1270. The van der Waals surface area contributed by atoms with Gasteiger partial charge in [0.1, 0.15) is 5.82 Å². The summed E-state index contributed by atoms with van der Waals surface area (Å²) in [5, 5.41) is 0.361. The number of rotatable bonds is 6. The van der Waals surface area contributed by atoms with E-state index in [1.54, 1.807) is 0 Å². The molecule has 2 heterocycles. The van der Waals surface area contributed by atoms with E-state index in [-0.39, 0.29) is 5.41 Å².